The maximum absolute atomic E-state index is 12.2. The Hall–Kier alpha value is -2.41. The van der Waals surface area contributed by atoms with E-state index in [1.165, 1.54) is 12.8 Å². The molecule has 27 heavy (non-hydrogen) atoms. The van der Waals surface area contributed by atoms with Crippen molar-refractivity contribution in [3.8, 4) is 5.75 Å². The maximum atomic E-state index is 12.2. The summed E-state index contributed by atoms with van der Waals surface area (Å²) < 4.78 is 16.7. The van der Waals surface area contributed by atoms with Crippen LogP contribution in [0.3, 0.4) is 0 Å². The molecule has 2 aliphatic rings. The van der Waals surface area contributed by atoms with Crippen LogP contribution in [0.1, 0.15) is 43.3 Å². The fourth-order valence-corrected chi connectivity index (χ4v) is 3.50. The molecular weight excluding hydrogens is 346 g/mol. The zero-order chi connectivity index (χ0) is 18.5. The van der Waals surface area contributed by atoms with E-state index in [9.17, 15) is 4.79 Å². The van der Waals surface area contributed by atoms with Gasteiger partial charge < -0.3 is 18.9 Å². The van der Waals surface area contributed by atoms with Gasteiger partial charge >= 0.3 is 0 Å². The summed E-state index contributed by atoms with van der Waals surface area (Å²) in [6.45, 7) is 1.87. The van der Waals surface area contributed by atoms with Gasteiger partial charge in [0, 0.05) is 19.5 Å². The van der Waals surface area contributed by atoms with Crippen LogP contribution in [0, 0.1) is 0 Å². The first-order valence-electron chi connectivity index (χ1n) is 9.67. The molecule has 1 amide bonds. The lowest BCUT2D eigenvalue weighted by Gasteiger charge is -2.36. The molecule has 2 fully saturated rings. The fraction of sp³-hybridized carbons (Fsp3) is 0.550. The van der Waals surface area contributed by atoms with E-state index in [2.05, 4.69) is 10.1 Å². The smallest absolute Gasteiger partial charge is 0.260 e. The molecule has 1 aromatic carbocycles. The van der Waals surface area contributed by atoms with Crippen molar-refractivity contribution in [3.05, 3.63) is 42.0 Å². The molecule has 1 saturated carbocycles. The first kappa shape index (κ1) is 18.0. The Bertz CT molecular complexity index is 737. The monoisotopic (exact) mass is 371 g/mol. The lowest BCUT2D eigenvalue weighted by molar-refractivity contribution is -0.138. The van der Waals surface area contributed by atoms with Crippen LogP contribution in [0.5, 0.6) is 5.75 Å². The van der Waals surface area contributed by atoms with Crippen LogP contribution >= 0.6 is 0 Å². The van der Waals surface area contributed by atoms with Crippen molar-refractivity contribution in [2.75, 3.05) is 26.3 Å². The minimum absolute atomic E-state index is 0.0280. The molecule has 0 atom stereocenters. The van der Waals surface area contributed by atoms with Gasteiger partial charge in [-0.15, -0.1) is 0 Å². The third-order valence-corrected chi connectivity index (χ3v) is 5.15. The number of amides is 1. The van der Waals surface area contributed by atoms with Gasteiger partial charge in [-0.2, -0.15) is 4.98 Å². The highest BCUT2D eigenvalue weighted by Crippen LogP contribution is 2.26. The van der Waals surface area contributed by atoms with E-state index in [1.54, 1.807) is 4.90 Å². The predicted molar refractivity (Wildman–Crippen MR) is 97.5 cm³/mol. The molecule has 1 aromatic heterocycles. The summed E-state index contributed by atoms with van der Waals surface area (Å²) in [6, 6.07) is 9.34. The Morgan fingerprint density at radius 3 is 2.74 bits per heavy atom. The molecule has 4 rings (SSSR count). The third kappa shape index (κ3) is 4.66. The Kier molecular flexibility index (Phi) is 5.67. The molecule has 0 unspecified atom stereocenters. The molecule has 1 aliphatic heterocycles. The van der Waals surface area contributed by atoms with E-state index in [0.717, 1.165) is 12.8 Å². The van der Waals surface area contributed by atoms with Gasteiger partial charge in [-0.1, -0.05) is 36.2 Å². The van der Waals surface area contributed by atoms with Crippen molar-refractivity contribution in [3.63, 3.8) is 0 Å². The molecule has 144 valence electrons. The van der Waals surface area contributed by atoms with Crippen molar-refractivity contribution in [2.45, 2.75) is 44.1 Å². The van der Waals surface area contributed by atoms with Crippen LogP contribution < -0.4 is 4.74 Å². The average Bonchev–Trinajstić information content (AvgIpc) is 3.32. The second-order valence-electron chi connectivity index (χ2n) is 7.17. The number of para-hydroxylation sites is 1. The lowest BCUT2D eigenvalue weighted by atomic mass is 10.0. The molecular formula is C20H25N3O4. The normalized spacial score (nSPS) is 17.9. The number of benzene rings is 1. The average molecular weight is 371 g/mol. The number of hydrogen-bond acceptors (Lipinski definition) is 6. The number of likely N-dealkylation sites (tertiary alicyclic amines) is 1. The van der Waals surface area contributed by atoms with Crippen LogP contribution in [0.4, 0.5) is 0 Å². The summed E-state index contributed by atoms with van der Waals surface area (Å²) in [5.74, 6) is 2.07. The zero-order valence-electron chi connectivity index (χ0n) is 15.4. The fourth-order valence-electron chi connectivity index (χ4n) is 3.50. The van der Waals surface area contributed by atoms with Gasteiger partial charge in [-0.3, -0.25) is 4.79 Å². The number of hydrogen-bond donors (Lipinski definition) is 0. The topological polar surface area (TPSA) is 77.7 Å². The van der Waals surface area contributed by atoms with Crippen LogP contribution in [0.15, 0.2) is 34.9 Å². The number of aromatic nitrogens is 2. The number of ether oxygens (including phenoxy) is 2. The van der Waals surface area contributed by atoms with Crippen LogP contribution in [0.2, 0.25) is 0 Å². The minimum Gasteiger partial charge on any atom is -0.484 e. The van der Waals surface area contributed by atoms with Gasteiger partial charge in [0.15, 0.2) is 12.4 Å². The van der Waals surface area contributed by atoms with E-state index in [1.807, 2.05) is 30.3 Å². The van der Waals surface area contributed by atoms with E-state index in [4.69, 9.17) is 14.0 Å². The van der Waals surface area contributed by atoms with E-state index >= 15 is 0 Å². The second-order valence-corrected chi connectivity index (χ2v) is 7.17. The van der Waals surface area contributed by atoms with Crippen LogP contribution in [0.25, 0.3) is 0 Å². The van der Waals surface area contributed by atoms with Gasteiger partial charge in [0.25, 0.3) is 5.91 Å². The SMILES string of the molecule is O=C(COc1ccccc1)N1CC(c2nc(CCOC3CCCC3)no2)C1. The summed E-state index contributed by atoms with van der Waals surface area (Å²) >= 11 is 0. The molecule has 7 heteroatoms. The Morgan fingerprint density at radius 2 is 1.96 bits per heavy atom. The summed E-state index contributed by atoms with van der Waals surface area (Å²) in [7, 11) is 0. The number of carbonyl (C=O) groups is 1. The summed E-state index contributed by atoms with van der Waals surface area (Å²) in [6.07, 6.45) is 5.93. The minimum atomic E-state index is -0.0280. The molecule has 1 aliphatic carbocycles. The number of carbonyl (C=O) groups excluding carboxylic acids is 1. The van der Waals surface area contributed by atoms with Crippen LogP contribution in [-0.2, 0) is 16.0 Å². The van der Waals surface area contributed by atoms with E-state index in [-0.39, 0.29) is 18.4 Å². The highest BCUT2D eigenvalue weighted by molar-refractivity contribution is 5.78. The third-order valence-electron chi connectivity index (χ3n) is 5.15. The predicted octanol–water partition coefficient (Wildman–Crippen LogP) is 2.58. The number of rotatable bonds is 8. The quantitative estimate of drug-likeness (QED) is 0.710. The highest BCUT2D eigenvalue weighted by atomic mass is 16.5. The summed E-state index contributed by atoms with van der Waals surface area (Å²) in [5.41, 5.74) is 0. The first-order valence-corrected chi connectivity index (χ1v) is 9.67. The highest BCUT2D eigenvalue weighted by Gasteiger charge is 2.35. The van der Waals surface area contributed by atoms with Gasteiger partial charge in [-0.25, -0.2) is 0 Å². The van der Waals surface area contributed by atoms with Gasteiger partial charge in [0.1, 0.15) is 5.75 Å². The van der Waals surface area contributed by atoms with E-state index < -0.39 is 0 Å². The molecule has 0 spiro atoms. The van der Waals surface area contributed by atoms with Gasteiger partial charge in [0.05, 0.1) is 18.6 Å². The van der Waals surface area contributed by atoms with Crippen molar-refractivity contribution >= 4 is 5.91 Å². The van der Waals surface area contributed by atoms with Crippen LogP contribution in [-0.4, -0.2) is 53.4 Å². The largest absolute Gasteiger partial charge is 0.484 e. The Balaban J connectivity index is 1.17. The first-order chi connectivity index (χ1) is 13.3. The summed E-state index contributed by atoms with van der Waals surface area (Å²) in [4.78, 5) is 18.4. The van der Waals surface area contributed by atoms with Crippen molar-refractivity contribution < 1.29 is 18.8 Å². The lowest BCUT2D eigenvalue weighted by Crippen LogP contribution is -2.50. The molecule has 0 bridgehead atoms. The Labute approximate surface area is 158 Å². The van der Waals surface area contributed by atoms with E-state index in [0.29, 0.717) is 49.7 Å². The maximum Gasteiger partial charge on any atom is 0.260 e. The van der Waals surface area contributed by atoms with Crippen molar-refractivity contribution in [2.24, 2.45) is 0 Å². The van der Waals surface area contributed by atoms with Crippen molar-refractivity contribution in [1.82, 2.24) is 15.0 Å². The Morgan fingerprint density at radius 1 is 1.19 bits per heavy atom. The summed E-state index contributed by atoms with van der Waals surface area (Å²) in [5, 5.41) is 4.03. The second kappa shape index (κ2) is 8.52. The molecule has 0 N–H and O–H groups in total. The zero-order valence-corrected chi connectivity index (χ0v) is 15.4. The van der Waals surface area contributed by atoms with Gasteiger partial charge in [0.2, 0.25) is 5.89 Å². The van der Waals surface area contributed by atoms with Crippen molar-refractivity contribution in [1.29, 1.82) is 0 Å². The van der Waals surface area contributed by atoms with Gasteiger partial charge in [-0.05, 0) is 25.0 Å². The molecule has 7 nitrogen and oxygen atoms in total. The standard InChI is InChI=1S/C20H25N3O4/c24-19(14-26-17-6-2-1-3-7-17)23-12-15(13-23)20-21-18(22-27-20)10-11-25-16-8-4-5-9-16/h1-3,6-7,15-16H,4-5,8-14H2. The molecule has 0 radical (unpaired) electrons. The molecule has 2 aromatic rings. The number of nitrogens with zero attached hydrogens (tertiary/aromatic N) is 3. The molecule has 1 saturated heterocycles. The molecule has 2 heterocycles.